The van der Waals surface area contributed by atoms with E-state index in [4.69, 9.17) is 11.6 Å². The highest BCUT2D eigenvalue weighted by atomic mass is 35.5. The molecule has 1 nitrogen and oxygen atoms in total. The summed E-state index contributed by atoms with van der Waals surface area (Å²) < 4.78 is 0. The number of hydrogen-bond donors (Lipinski definition) is 1. The van der Waals surface area contributed by atoms with Gasteiger partial charge in [-0.05, 0) is 48.6 Å². The summed E-state index contributed by atoms with van der Waals surface area (Å²) >= 11 is 6.21. The van der Waals surface area contributed by atoms with E-state index in [-0.39, 0.29) is 6.10 Å². The first-order valence-electron chi connectivity index (χ1n) is 8.15. The number of aliphatic hydroxyl groups excluding tert-OH is 1. The third-order valence-electron chi connectivity index (χ3n) is 5.51. The van der Waals surface area contributed by atoms with Crippen molar-refractivity contribution in [2.45, 2.75) is 57.5 Å². The van der Waals surface area contributed by atoms with Crippen LogP contribution in [0.1, 0.15) is 50.5 Å². The first-order chi connectivity index (χ1) is 9.74. The Hall–Kier alpha value is -0.530. The highest BCUT2D eigenvalue weighted by Gasteiger charge is 2.34. The minimum absolute atomic E-state index is 0.224. The van der Waals surface area contributed by atoms with Gasteiger partial charge >= 0.3 is 0 Å². The van der Waals surface area contributed by atoms with Crippen molar-refractivity contribution >= 4 is 11.6 Å². The summed E-state index contributed by atoms with van der Waals surface area (Å²) in [6.45, 7) is 0. The van der Waals surface area contributed by atoms with Gasteiger partial charge in [-0.3, -0.25) is 0 Å². The Balaban J connectivity index is 1.60. The van der Waals surface area contributed by atoms with Crippen molar-refractivity contribution < 1.29 is 5.11 Å². The fourth-order valence-electron chi connectivity index (χ4n) is 4.32. The minimum Gasteiger partial charge on any atom is -0.392 e. The van der Waals surface area contributed by atoms with Crippen molar-refractivity contribution in [3.63, 3.8) is 0 Å². The Bertz CT molecular complexity index is 445. The van der Waals surface area contributed by atoms with E-state index in [0.29, 0.717) is 12.3 Å². The topological polar surface area (TPSA) is 20.2 Å². The second-order valence-corrected chi connectivity index (χ2v) is 7.15. The van der Waals surface area contributed by atoms with Crippen molar-refractivity contribution in [3.05, 3.63) is 34.9 Å². The highest BCUT2D eigenvalue weighted by molar-refractivity contribution is 6.31. The smallest absolute Gasteiger partial charge is 0.0609 e. The molecule has 1 aromatic carbocycles. The molecule has 0 amide bonds. The molecule has 2 fully saturated rings. The van der Waals surface area contributed by atoms with E-state index < -0.39 is 0 Å². The Kier molecular flexibility index (Phi) is 4.68. The lowest BCUT2D eigenvalue weighted by Gasteiger charge is -2.40. The number of halogens is 1. The molecule has 0 radical (unpaired) electrons. The normalized spacial score (nSPS) is 31.6. The first kappa shape index (κ1) is 14.4. The lowest BCUT2D eigenvalue weighted by atomic mass is 9.66. The van der Waals surface area contributed by atoms with Gasteiger partial charge in [0.2, 0.25) is 0 Å². The SMILES string of the molecule is OC(Cc1ccccc1Cl)C1CCC2CCCCC2C1. The van der Waals surface area contributed by atoms with Crippen LogP contribution in [-0.4, -0.2) is 11.2 Å². The van der Waals surface area contributed by atoms with Gasteiger partial charge in [0.25, 0.3) is 0 Å². The van der Waals surface area contributed by atoms with Crippen LogP contribution in [0, 0.1) is 17.8 Å². The monoisotopic (exact) mass is 292 g/mol. The summed E-state index contributed by atoms with van der Waals surface area (Å²) in [6, 6.07) is 7.91. The van der Waals surface area contributed by atoms with Crippen LogP contribution in [-0.2, 0) is 6.42 Å². The van der Waals surface area contributed by atoms with Crippen LogP contribution in [0.4, 0.5) is 0 Å². The van der Waals surface area contributed by atoms with Crippen LogP contribution < -0.4 is 0 Å². The van der Waals surface area contributed by atoms with Crippen LogP contribution in [0.2, 0.25) is 5.02 Å². The van der Waals surface area contributed by atoms with Gasteiger partial charge in [0, 0.05) is 11.4 Å². The lowest BCUT2D eigenvalue weighted by Crippen LogP contribution is -2.34. The second-order valence-electron chi connectivity index (χ2n) is 6.74. The quantitative estimate of drug-likeness (QED) is 0.844. The zero-order valence-corrected chi connectivity index (χ0v) is 12.9. The van der Waals surface area contributed by atoms with E-state index in [1.165, 1.54) is 44.9 Å². The Morgan fingerprint density at radius 1 is 1.05 bits per heavy atom. The Morgan fingerprint density at radius 2 is 1.80 bits per heavy atom. The van der Waals surface area contributed by atoms with E-state index in [1.807, 2.05) is 24.3 Å². The maximum Gasteiger partial charge on any atom is 0.0609 e. The molecule has 2 aliphatic rings. The van der Waals surface area contributed by atoms with Crippen molar-refractivity contribution in [2.75, 3.05) is 0 Å². The highest BCUT2D eigenvalue weighted by Crippen LogP contribution is 2.44. The van der Waals surface area contributed by atoms with Crippen LogP contribution >= 0.6 is 11.6 Å². The molecule has 3 rings (SSSR count). The molecule has 2 aliphatic carbocycles. The molecule has 0 saturated heterocycles. The Labute approximate surface area is 127 Å². The molecule has 0 aromatic heterocycles. The number of hydrogen-bond acceptors (Lipinski definition) is 1. The first-order valence-corrected chi connectivity index (χ1v) is 8.53. The third kappa shape index (κ3) is 3.20. The molecule has 110 valence electrons. The fraction of sp³-hybridized carbons (Fsp3) is 0.667. The minimum atomic E-state index is -0.224. The molecule has 0 bridgehead atoms. The maximum atomic E-state index is 10.6. The molecule has 4 atom stereocenters. The molecule has 1 N–H and O–H groups in total. The number of rotatable bonds is 3. The predicted molar refractivity (Wildman–Crippen MR) is 84.0 cm³/mol. The number of fused-ring (bicyclic) bond motifs is 1. The summed E-state index contributed by atoms with van der Waals surface area (Å²) in [5.41, 5.74) is 1.09. The average molecular weight is 293 g/mol. The predicted octanol–water partition coefficient (Wildman–Crippen LogP) is 4.85. The van der Waals surface area contributed by atoms with Crippen LogP contribution in [0.3, 0.4) is 0 Å². The van der Waals surface area contributed by atoms with E-state index >= 15 is 0 Å². The maximum absolute atomic E-state index is 10.6. The van der Waals surface area contributed by atoms with E-state index in [9.17, 15) is 5.11 Å². The van der Waals surface area contributed by atoms with Crippen LogP contribution in [0.25, 0.3) is 0 Å². The van der Waals surface area contributed by atoms with Crippen molar-refractivity contribution in [3.8, 4) is 0 Å². The average Bonchev–Trinajstić information content (AvgIpc) is 2.49. The fourth-order valence-corrected chi connectivity index (χ4v) is 4.53. The standard InChI is InChI=1S/C18H25ClO/c19-17-8-4-3-7-15(17)12-18(20)16-10-9-13-5-1-2-6-14(13)11-16/h3-4,7-8,13-14,16,18,20H,1-2,5-6,9-12H2. The molecule has 0 heterocycles. The summed E-state index contributed by atoms with van der Waals surface area (Å²) in [6.07, 6.45) is 9.89. The molecule has 0 aliphatic heterocycles. The van der Waals surface area contributed by atoms with Gasteiger partial charge in [-0.1, -0.05) is 55.5 Å². The molecule has 4 unspecified atom stereocenters. The van der Waals surface area contributed by atoms with Crippen molar-refractivity contribution in [2.24, 2.45) is 17.8 Å². The zero-order chi connectivity index (χ0) is 13.9. The van der Waals surface area contributed by atoms with E-state index in [2.05, 4.69) is 0 Å². The summed E-state index contributed by atoms with van der Waals surface area (Å²) in [7, 11) is 0. The molecule has 0 spiro atoms. The second kappa shape index (κ2) is 6.49. The van der Waals surface area contributed by atoms with Gasteiger partial charge in [0.15, 0.2) is 0 Å². The molecule has 20 heavy (non-hydrogen) atoms. The van der Waals surface area contributed by atoms with Gasteiger partial charge in [-0.25, -0.2) is 0 Å². The summed E-state index contributed by atoms with van der Waals surface area (Å²) in [5, 5.41) is 11.4. The van der Waals surface area contributed by atoms with Crippen LogP contribution in [0.5, 0.6) is 0 Å². The summed E-state index contributed by atoms with van der Waals surface area (Å²) in [4.78, 5) is 0. The Morgan fingerprint density at radius 3 is 2.60 bits per heavy atom. The van der Waals surface area contributed by atoms with Crippen LogP contribution in [0.15, 0.2) is 24.3 Å². The zero-order valence-electron chi connectivity index (χ0n) is 12.1. The molecular formula is C18H25ClO. The van der Waals surface area contributed by atoms with Crippen molar-refractivity contribution in [1.29, 1.82) is 0 Å². The van der Waals surface area contributed by atoms with Gasteiger partial charge in [-0.2, -0.15) is 0 Å². The molecule has 2 saturated carbocycles. The number of aliphatic hydroxyl groups is 1. The summed E-state index contributed by atoms with van der Waals surface area (Å²) in [5.74, 6) is 2.31. The molecule has 2 heteroatoms. The van der Waals surface area contributed by atoms with Gasteiger partial charge < -0.3 is 5.11 Å². The number of benzene rings is 1. The van der Waals surface area contributed by atoms with Crippen molar-refractivity contribution in [1.82, 2.24) is 0 Å². The van der Waals surface area contributed by atoms with Gasteiger partial charge in [0.1, 0.15) is 0 Å². The third-order valence-corrected chi connectivity index (χ3v) is 5.88. The molecule has 1 aromatic rings. The van der Waals surface area contributed by atoms with Gasteiger partial charge in [0.05, 0.1) is 6.10 Å². The largest absolute Gasteiger partial charge is 0.392 e. The lowest BCUT2D eigenvalue weighted by molar-refractivity contribution is 0.0361. The molecular weight excluding hydrogens is 268 g/mol. The van der Waals surface area contributed by atoms with E-state index in [1.54, 1.807) is 0 Å². The van der Waals surface area contributed by atoms with Gasteiger partial charge in [-0.15, -0.1) is 0 Å². The van der Waals surface area contributed by atoms with E-state index in [0.717, 1.165) is 22.4 Å².